The van der Waals surface area contributed by atoms with Crippen molar-refractivity contribution < 1.29 is 62.9 Å². The molecule has 0 saturated carbocycles. The number of fused-ring (bicyclic) bond motifs is 21. The number of aryl methyl sites for hydroxylation is 17. The van der Waals surface area contributed by atoms with Crippen LogP contribution in [0.3, 0.4) is 0 Å². The maximum atomic E-state index is 5.98. The molecule has 0 N–H and O–H groups in total. The van der Waals surface area contributed by atoms with Crippen molar-refractivity contribution in [3.05, 3.63) is 422 Å². The molecule has 21 heterocycles. The summed E-state index contributed by atoms with van der Waals surface area (Å²) in [4.78, 5) is 30.8. The summed E-state index contributed by atoms with van der Waals surface area (Å²) in [5.41, 5.74) is 42.0. The van der Waals surface area contributed by atoms with Gasteiger partial charge in [0.15, 0.2) is 60.1 Å². The van der Waals surface area contributed by atoms with Crippen molar-refractivity contribution >= 4 is 154 Å². The highest BCUT2D eigenvalue weighted by Crippen LogP contribution is 2.42. The van der Waals surface area contributed by atoms with Gasteiger partial charge in [0.05, 0.1) is 45.3 Å². The number of hydrogen-bond donors (Lipinski definition) is 0. The Morgan fingerprint density at radius 2 is 0.547 bits per heavy atom. The fourth-order valence-corrected chi connectivity index (χ4v) is 20.5. The quantitative estimate of drug-likeness (QED) is 0.136. The summed E-state index contributed by atoms with van der Waals surface area (Å²) in [6.07, 6.45) is 29.0. The number of hydrogen-bond acceptors (Lipinski definition) is 14. The number of aromatic nitrogens is 14. The molecular formula is C129H111N14O7+7. The topological polar surface area (TPSA) is 209 Å². The Hall–Kier alpha value is -18.8. The van der Waals surface area contributed by atoms with Crippen molar-refractivity contribution in [1.29, 1.82) is 0 Å². The van der Waals surface area contributed by atoms with Crippen LogP contribution in [0, 0.1) is 69.2 Å². The van der Waals surface area contributed by atoms with E-state index in [2.05, 4.69) is 349 Å². The molecule has 0 fully saturated rings. The van der Waals surface area contributed by atoms with Crippen molar-refractivity contribution in [3.8, 4) is 78.9 Å². The lowest BCUT2D eigenvalue weighted by Gasteiger charge is -2.05. The summed E-state index contributed by atoms with van der Waals surface area (Å²) >= 11 is 0. The molecule has 7 aromatic carbocycles. The minimum Gasteiger partial charge on any atom is -0.456 e. The van der Waals surface area contributed by atoms with Crippen LogP contribution in [0.15, 0.2) is 397 Å². The van der Waals surface area contributed by atoms with Crippen LogP contribution in [-0.2, 0) is 49.3 Å². The Kier molecular flexibility index (Phi) is 25.8. The lowest BCUT2D eigenvalue weighted by Crippen LogP contribution is -2.31. The molecule has 0 atom stereocenters. The molecule has 21 aromatic heterocycles. The Bertz CT molecular complexity index is 9100. The number of para-hydroxylation sites is 2. The van der Waals surface area contributed by atoms with Gasteiger partial charge in [0.2, 0.25) is 51.3 Å². The minimum atomic E-state index is 0.695. The maximum Gasteiger partial charge on any atom is 0.231 e. The summed E-state index contributed by atoms with van der Waals surface area (Å²) in [5, 5.41) is 13.2. The second-order valence-electron chi connectivity index (χ2n) is 38.7. The molecule has 0 spiro atoms. The lowest BCUT2D eigenvalue weighted by molar-refractivity contribution is -0.660. The van der Waals surface area contributed by atoms with E-state index in [-0.39, 0.29) is 0 Å². The maximum absolute atomic E-state index is 5.98. The third-order valence-corrected chi connectivity index (χ3v) is 28.1. The molecule has 0 saturated heterocycles. The fraction of sp³-hybridized carbons (Fsp3) is 0.132. The van der Waals surface area contributed by atoms with E-state index in [1.807, 2.05) is 155 Å². The van der Waals surface area contributed by atoms with Crippen LogP contribution in [0.5, 0.6) is 0 Å². The molecular weight excluding hydrogens is 1860 g/mol. The van der Waals surface area contributed by atoms with Gasteiger partial charge in [-0.1, -0.05) is 30.3 Å². The first kappa shape index (κ1) is 96.1. The van der Waals surface area contributed by atoms with E-state index in [0.717, 1.165) is 177 Å². The third-order valence-electron chi connectivity index (χ3n) is 28.1. The van der Waals surface area contributed by atoms with Gasteiger partial charge in [0.25, 0.3) is 0 Å². The van der Waals surface area contributed by atoms with Gasteiger partial charge in [0.1, 0.15) is 116 Å². The van der Waals surface area contributed by atoms with E-state index >= 15 is 0 Å². The number of rotatable bonds is 7. The normalized spacial score (nSPS) is 11.4. The Morgan fingerprint density at radius 3 is 1.05 bits per heavy atom. The highest BCUT2D eigenvalue weighted by Gasteiger charge is 2.27. The molecule has 0 radical (unpaired) electrons. The Balaban J connectivity index is 0.0000000989. The van der Waals surface area contributed by atoms with Crippen molar-refractivity contribution in [1.82, 2.24) is 34.9 Å². The predicted octanol–water partition coefficient (Wildman–Crippen LogP) is 27.4. The molecule has 0 unspecified atom stereocenters. The molecule has 0 aliphatic rings. The zero-order valence-electron chi connectivity index (χ0n) is 86.8. The first-order valence-corrected chi connectivity index (χ1v) is 50.0. The first-order chi connectivity index (χ1) is 72.8. The zero-order valence-corrected chi connectivity index (χ0v) is 86.8. The van der Waals surface area contributed by atoms with Gasteiger partial charge in [-0.15, -0.1) is 0 Å². The van der Waals surface area contributed by atoms with Crippen LogP contribution in [0.25, 0.3) is 233 Å². The molecule has 732 valence electrons. The van der Waals surface area contributed by atoms with Gasteiger partial charge >= 0.3 is 0 Å². The van der Waals surface area contributed by atoms with Gasteiger partial charge in [-0.05, 0) is 279 Å². The fourth-order valence-electron chi connectivity index (χ4n) is 20.5. The van der Waals surface area contributed by atoms with Crippen molar-refractivity contribution in [2.45, 2.75) is 69.2 Å². The Labute approximate surface area is 865 Å². The molecule has 0 aliphatic heterocycles. The van der Waals surface area contributed by atoms with E-state index < -0.39 is 0 Å². The monoisotopic (exact) mass is 1970 g/mol. The number of furan rings is 7. The second-order valence-corrected chi connectivity index (χ2v) is 38.7. The van der Waals surface area contributed by atoms with Crippen LogP contribution in [0.4, 0.5) is 0 Å². The van der Waals surface area contributed by atoms with Crippen LogP contribution in [0.1, 0.15) is 55.8 Å². The van der Waals surface area contributed by atoms with Gasteiger partial charge in [0, 0.05) is 191 Å². The van der Waals surface area contributed by atoms with Crippen LogP contribution < -0.4 is 32.0 Å². The predicted molar refractivity (Wildman–Crippen MR) is 594 cm³/mol. The standard InChI is InChI=1S/3C19H17N2O.4C18H15N2O/c1-12-4-5-17(21(3)11-12)14-9-19-15(8-13(14)2)16-10-20-7-6-18(16)22-19;1-12-4-5-17(21(3)11-12)15-9-18-16(8-13(15)2)14-6-7-20-10-19(14)22-18;1-12-6-7-17(21(3)11-12)15-10-18-16(9-13(15)2)14-5-4-8-20-19(14)22-18;1-12-14(15-8-5-6-10-20(15)2)11-17-18(19-12)13-7-3-4-9-16(13)21-17;1-12-11-14-13-7-3-4-9-16(13)21-18(14)19-17(12)15-8-5-6-10-20(15)2;1-12-10-14-17(21-16-7-5-8-19-18(14)16)11-13(12)15-6-3-4-9-20(15)2;1-12-9-14-15-11-19-7-6-17(15)21-18(14)10-13(12)16-5-3-4-8-20(16)2/h3*4-11H,1-3H3;4*3-11H,1-2H3/q7*+1. The van der Waals surface area contributed by atoms with E-state index in [4.69, 9.17) is 40.9 Å². The minimum absolute atomic E-state index is 0.695. The van der Waals surface area contributed by atoms with E-state index in [1.54, 1.807) is 37.2 Å². The number of benzene rings is 7. The second kappa shape index (κ2) is 40.3. The molecule has 28 rings (SSSR count). The Morgan fingerprint density at radius 1 is 0.200 bits per heavy atom. The van der Waals surface area contributed by atoms with Gasteiger partial charge in [-0.25, -0.2) is 42.4 Å². The first-order valence-electron chi connectivity index (χ1n) is 50.0. The van der Waals surface area contributed by atoms with Gasteiger partial charge in [-0.2, -0.15) is 4.57 Å². The van der Waals surface area contributed by atoms with Gasteiger partial charge in [-0.3, -0.25) is 19.9 Å². The largest absolute Gasteiger partial charge is 0.456 e. The summed E-state index contributed by atoms with van der Waals surface area (Å²) < 4.78 is 56.5. The van der Waals surface area contributed by atoms with E-state index in [0.29, 0.717) is 11.4 Å². The van der Waals surface area contributed by atoms with E-state index in [1.165, 1.54) is 101 Å². The number of nitrogens with zero attached hydrogens (tertiary/aromatic N) is 14. The average Bonchev–Trinajstić information content (AvgIpc) is 1.68. The number of pyridine rings is 14. The van der Waals surface area contributed by atoms with Gasteiger partial charge < -0.3 is 30.9 Å². The summed E-state index contributed by atoms with van der Waals surface area (Å²) in [6, 6.07) is 93.2. The highest BCUT2D eigenvalue weighted by atomic mass is 16.4. The van der Waals surface area contributed by atoms with Crippen molar-refractivity contribution in [2.24, 2.45) is 49.3 Å². The zero-order chi connectivity index (χ0) is 103. The van der Waals surface area contributed by atoms with Crippen LogP contribution >= 0.6 is 0 Å². The van der Waals surface area contributed by atoms with Crippen LogP contribution in [-0.4, -0.2) is 34.9 Å². The average molecular weight is 1970 g/mol. The van der Waals surface area contributed by atoms with E-state index in [9.17, 15) is 0 Å². The summed E-state index contributed by atoms with van der Waals surface area (Å²) in [6.45, 7) is 21.1. The molecule has 0 amide bonds. The van der Waals surface area contributed by atoms with Crippen LogP contribution in [0.2, 0.25) is 0 Å². The van der Waals surface area contributed by atoms with Crippen molar-refractivity contribution in [3.63, 3.8) is 0 Å². The van der Waals surface area contributed by atoms with Crippen molar-refractivity contribution in [2.75, 3.05) is 0 Å². The molecule has 0 bridgehead atoms. The molecule has 21 nitrogen and oxygen atoms in total. The highest BCUT2D eigenvalue weighted by molar-refractivity contribution is 6.11. The summed E-state index contributed by atoms with van der Waals surface area (Å²) in [5.74, 6) is 0. The SMILES string of the molecule is Cc1cc2c(cc1-c1cccc[n+]1C)oc1cccnc12.Cc1cc2c(cc1-c1cccc[n+]1C)oc1ccncc12.Cc1cc2c(nc1-c1cccc[n+]1C)oc1ccccc12.Cc1ccc(-c2cc3oc4ccncc4c3cc2C)[n+](C)c1.Cc1ccc(-c2cc3oc4cnccc4c3cc2C)[n+](C)c1.Cc1ccc(-c2cc3oc4ncccc4c3cc2C)[n+](C)c1.Cc1nc2c(cc1-c1cccc[n+]1C)oc1ccccc12. The third kappa shape index (κ3) is 18.7. The summed E-state index contributed by atoms with van der Waals surface area (Å²) in [7, 11) is 14.4. The molecule has 28 aromatic rings. The molecule has 0 aliphatic carbocycles. The molecule has 150 heavy (non-hydrogen) atoms. The molecule has 21 heteroatoms. The smallest absolute Gasteiger partial charge is 0.231 e. The lowest BCUT2D eigenvalue weighted by atomic mass is 10.0.